The lowest BCUT2D eigenvalue weighted by Crippen LogP contribution is -2.54. The molecule has 3 rings (SSSR count). The molecule has 8 heteroatoms. The number of benzene rings is 1. The number of methoxy groups -OCH3 is 1. The number of thiazole rings is 1. The highest BCUT2D eigenvalue weighted by Crippen LogP contribution is 2.29. The summed E-state index contributed by atoms with van der Waals surface area (Å²) in [6.45, 7) is 0.985. The van der Waals surface area contributed by atoms with Gasteiger partial charge >= 0.3 is 12.0 Å². The second-order valence-corrected chi connectivity index (χ2v) is 7.15. The molecule has 1 saturated heterocycles. The van der Waals surface area contributed by atoms with Crippen molar-refractivity contribution in [3.05, 3.63) is 36.5 Å². The van der Waals surface area contributed by atoms with Crippen LogP contribution in [0.5, 0.6) is 0 Å². The summed E-state index contributed by atoms with van der Waals surface area (Å²) in [6.07, 6.45) is 2.97. The van der Waals surface area contributed by atoms with Crippen molar-refractivity contribution < 1.29 is 19.1 Å². The number of amides is 2. The van der Waals surface area contributed by atoms with E-state index in [2.05, 4.69) is 15.6 Å². The highest BCUT2D eigenvalue weighted by Gasteiger charge is 2.37. The van der Waals surface area contributed by atoms with Crippen molar-refractivity contribution in [2.75, 3.05) is 25.6 Å². The molecule has 1 aromatic heterocycles. The largest absolute Gasteiger partial charge is 0.469 e. The topological polar surface area (TPSA) is 89.5 Å². The van der Waals surface area contributed by atoms with Gasteiger partial charge in [0.15, 0.2) is 5.13 Å². The fourth-order valence-electron chi connectivity index (χ4n) is 2.89. The molecule has 2 heterocycles. The average molecular weight is 375 g/mol. The first kappa shape index (κ1) is 18.3. The normalized spacial score (nSPS) is 15.9. The van der Waals surface area contributed by atoms with E-state index in [0.717, 1.165) is 10.4 Å². The number of nitrogens with zero attached hydrogens (tertiary/aromatic N) is 1. The van der Waals surface area contributed by atoms with Crippen LogP contribution in [0.2, 0.25) is 0 Å². The van der Waals surface area contributed by atoms with Gasteiger partial charge in [-0.3, -0.25) is 10.1 Å². The fourth-order valence-corrected chi connectivity index (χ4v) is 3.71. The average Bonchev–Trinajstić information content (AvgIpc) is 3.11. The summed E-state index contributed by atoms with van der Waals surface area (Å²) in [5.41, 5.74) is 0.389. The summed E-state index contributed by atoms with van der Waals surface area (Å²) in [4.78, 5) is 29.4. The Labute approximate surface area is 155 Å². The van der Waals surface area contributed by atoms with Gasteiger partial charge in [-0.2, -0.15) is 0 Å². The summed E-state index contributed by atoms with van der Waals surface area (Å²) in [6, 6.07) is 9.46. The zero-order chi connectivity index (χ0) is 18.4. The molecule has 2 aromatic rings. The van der Waals surface area contributed by atoms with Crippen molar-refractivity contribution in [1.82, 2.24) is 10.3 Å². The van der Waals surface area contributed by atoms with Gasteiger partial charge in [-0.1, -0.05) is 41.7 Å². The highest BCUT2D eigenvalue weighted by molar-refractivity contribution is 7.19. The Morgan fingerprint density at radius 2 is 2.00 bits per heavy atom. The number of aromatic nitrogens is 1. The second kappa shape index (κ2) is 8.29. The van der Waals surface area contributed by atoms with E-state index in [-0.39, 0.29) is 18.4 Å². The molecule has 1 aliphatic heterocycles. The van der Waals surface area contributed by atoms with Crippen LogP contribution >= 0.6 is 11.3 Å². The van der Waals surface area contributed by atoms with Crippen molar-refractivity contribution in [2.45, 2.75) is 24.8 Å². The SMILES string of the molecule is COC(=O)CC1(NC(=O)Nc2ncc(-c3ccccc3)s2)CCOCC1. The van der Waals surface area contributed by atoms with Gasteiger partial charge in [0.05, 0.1) is 23.9 Å². The van der Waals surface area contributed by atoms with Crippen LogP contribution in [0.3, 0.4) is 0 Å². The molecule has 2 amide bonds. The number of esters is 1. The summed E-state index contributed by atoms with van der Waals surface area (Å²) in [5.74, 6) is -0.354. The number of ether oxygens (including phenoxy) is 2. The number of rotatable bonds is 5. The number of carbonyl (C=O) groups is 2. The quantitative estimate of drug-likeness (QED) is 0.784. The summed E-state index contributed by atoms with van der Waals surface area (Å²) < 4.78 is 10.1. The Morgan fingerprint density at radius 3 is 2.69 bits per heavy atom. The Hall–Kier alpha value is -2.45. The molecule has 1 aromatic carbocycles. The Kier molecular flexibility index (Phi) is 5.85. The minimum atomic E-state index is -0.658. The van der Waals surface area contributed by atoms with Gasteiger partial charge in [0, 0.05) is 19.4 Å². The minimum Gasteiger partial charge on any atom is -0.469 e. The van der Waals surface area contributed by atoms with Gasteiger partial charge in [0.2, 0.25) is 0 Å². The second-order valence-electron chi connectivity index (χ2n) is 6.12. The third kappa shape index (κ3) is 4.59. The predicted octanol–water partition coefficient (Wildman–Crippen LogP) is 3.04. The van der Waals surface area contributed by atoms with E-state index in [1.807, 2.05) is 30.3 Å². The van der Waals surface area contributed by atoms with Gasteiger partial charge in [-0.25, -0.2) is 9.78 Å². The zero-order valence-corrected chi connectivity index (χ0v) is 15.3. The standard InChI is InChI=1S/C18H21N3O4S/c1-24-15(22)11-18(7-9-25-10-8-18)21-16(23)20-17-19-12-14(26-17)13-5-3-2-4-6-13/h2-6,12H,7-11H2,1H3,(H2,19,20,21,23). The molecule has 1 aliphatic rings. The van der Waals surface area contributed by atoms with E-state index in [9.17, 15) is 9.59 Å². The molecule has 2 N–H and O–H groups in total. The van der Waals surface area contributed by atoms with E-state index in [0.29, 0.717) is 31.2 Å². The molecule has 26 heavy (non-hydrogen) atoms. The molecule has 0 spiro atoms. The molecule has 0 saturated carbocycles. The maximum Gasteiger partial charge on any atom is 0.321 e. The van der Waals surface area contributed by atoms with Gasteiger partial charge < -0.3 is 14.8 Å². The molecule has 0 aliphatic carbocycles. The van der Waals surface area contributed by atoms with Crippen LogP contribution < -0.4 is 10.6 Å². The van der Waals surface area contributed by atoms with Crippen LogP contribution in [0.15, 0.2) is 36.5 Å². The van der Waals surface area contributed by atoms with Crippen molar-refractivity contribution in [3.8, 4) is 10.4 Å². The lowest BCUT2D eigenvalue weighted by atomic mass is 9.86. The van der Waals surface area contributed by atoms with Gasteiger partial charge in [-0.15, -0.1) is 0 Å². The number of carbonyl (C=O) groups excluding carboxylic acids is 2. The summed E-state index contributed by atoms with van der Waals surface area (Å²) in [5, 5.41) is 6.19. The molecule has 7 nitrogen and oxygen atoms in total. The van der Waals surface area contributed by atoms with Crippen LogP contribution in [0.4, 0.5) is 9.93 Å². The van der Waals surface area contributed by atoms with E-state index in [1.54, 1.807) is 6.20 Å². The maximum absolute atomic E-state index is 12.5. The van der Waals surface area contributed by atoms with E-state index in [1.165, 1.54) is 18.4 Å². The van der Waals surface area contributed by atoms with E-state index >= 15 is 0 Å². The lowest BCUT2D eigenvalue weighted by molar-refractivity contribution is -0.143. The molecular weight excluding hydrogens is 354 g/mol. The third-order valence-electron chi connectivity index (χ3n) is 4.32. The van der Waals surface area contributed by atoms with Gasteiger partial charge in [0.1, 0.15) is 0 Å². The smallest absolute Gasteiger partial charge is 0.321 e. The van der Waals surface area contributed by atoms with Crippen LogP contribution in [0.1, 0.15) is 19.3 Å². The molecule has 0 bridgehead atoms. The number of hydrogen-bond donors (Lipinski definition) is 2. The van der Waals surface area contributed by atoms with Gasteiger partial charge in [0.25, 0.3) is 0 Å². The molecule has 138 valence electrons. The Morgan fingerprint density at radius 1 is 1.27 bits per heavy atom. The first-order valence-electron chi connectivity index (χ1n) is 8.35. The van der Waals surface area contributed by atoms with Crippen molar-refractivity contribution >= 4 is 28.5 Å². The molecular formula is C18H21N3O4S. The highest BCUT2D eigenvalue weighted by atomic mass is 32.1. The molecule has 0 radical (unpaired) electrons. The lowest BCUT2D eigenvalue weighted by Gasteiger charge is -2.36. The zero-order valence-electron chi connectivity index (χ0n) is 14.5. The first-order valence-corrected chi connectivity index (χ1v) is 9.17. The Balaban J connectivity index is 1.65. The maximum atomic E-state index is 12.5. The number of hydrogen-bond acceptors (Lipinski definition) is 6. The van der Waals surface area contributed by atoms with Crippen molar-refractivity contribution in [2.24, 2.45) is 0 Å². The van der Waals surface area contributed by atoms with E-state index in [4.69, 9.17) is 9.47 Å². The monoisotopic (exact) mass is 375 g/mol. The van der Waals surface area contributed by atoms with Crippen LogP contribution in [0, 0.1) is 0 Å². The minimum absolute atomic E-state index is 0.118. The summed E-state index contributed by atoms with van der Waals surface area (Å²) in [7, 11) is 1.34. The third-order valence-corrected chi connectivity index (χ3v) is 5.29. The van der Waals surface area contributed by atoms with E-state index < -0.39 is 5.54 Å². The van der Waals surface area contributed by atoms with Crippen LogP contribution in [-0.4, -0.2) is 42.8 Å². The number of anilines is 1. The predicted molar refractivity (Wildman–Crippen MR) is 99.1 cm³/mol. The number of urea groups is 1. The Bertz CT molecular complexity index is 757. The van der Waals surface area contributed by atoms with Crippen molar-refractivity contribution in [3.63, 3.8) is 0 Å². The van der Waals surface area contributed by atoms with Crippen LogP contribution in [-0.2, 0) is 14.3 Å². The van der Waals surface area contributed by atoms with Crippen LogP contribution in [0.25, 0.3) is 10.4 Å². The molecule has 0 unspecified atom stereocenters. The first-order chi connectivity index (χ1) is 12.6. The fraction of sp³-hybridized carbons (Fsp3) is 0.389. The summed E-state index contributed by atoms with van der Waals surface area (Å²) >= 11 is 1.39. The molecule has 1 fully saturated rings. The van der Waals surface area contributed by atoms with Crippen molar-refractivity contribution in [1.29, 1.82) is 0 Å². The van der Waals surface area contributed by atoms with Gasteiger partial charge in [-0.05, 0) is 18.4 Å². The number of nitrogens with one attached hydrogen (secondary N) is 2. The molecule has 0 atom stereocenters.